The first-order valence-electron chi connectivity index (χ1n) is 14.3. The Kier molecular flexibility index (Phi) is 9.05. The van der Waals surface area contributed by atoms with E-state index in [0.29, 0.717) is 35.8 Å². The van der Waals surface area contributed by atoms with Gasteiger partial charge in [-0.2, -0.15) is 0 Å². The summed E-state index contributed by atoms with van der Waals surface area (Å²) < 4.78 is 6.51. The van der Waals surface area contributed by atoms with E-state index >= 15 is 0 Å². The molecule has 0 aromatic heterocycles. The number of hydrogen-bond donors (Lipinski definition) is 3. The number of nitrogens with zero attached hydrogens (tertiary/aromatic N) is 2. The van der Waals surface area contributed by atoms with Crippen molar-refractivity contribution in [3.05, 3.63) is 102 Å². The van der Waals surface area contributed by atoms with E-state index in [-0.39, 0.29) is 30.6 Å². The van der Waals surface area contributed by atoms with E-state index in [1.165, 1.54) is 5.56 Å². The summed E-state index contributed by atoms with van der Waals surface area (Å²) in [6.45, 7) is 5.61. The molecule has 218 valence electrons. The van der Waals surface area contributed by atoms with Crippen LogP contribution in [0.3, 0.4) is 0 Å². The van der Waals surface area contributed by atoms with Crippen molar-refractivity contribution >= 4 is 34.1 Å². The third-order valence-electron chi connectivity index (χ3n) is 7.75. The second kappa shape index (κ2) is 13.1. The smallest absolute Gasteiger partial charge is 0.323 e. The van der Waals surface area contributed by atoms with Gasteiger partial charge in [-0.15, -0.1) is 0 Å². The van der Waals surface area contributed by atoms with Gasteiger partial charge in [-0.3, -0.25) is 9.69 Å². The van der Waals surface area contributed by atoms with Gasteiger partial charge < -0.3 is 25.4 Å². The highest BCUT2D eigenvalue weighted by atomic mass is 16.5. The lowest BCUT2D eigenvalue weighted by Gasteiger charge is -2.38. The number of aliphatic hydroxyl groups excluding tert-OH is 1. The fraction of sp³-hybridized carbons (Fsp3) is 0.294. The zero-order valence-corrected chi connectivity index (χ0v) is 24.3. The van der Waals surface area contributed by atoms with E-state index in [0.717, 1.165) is 17.3 Å². The summed E-state index contributed by atoms with van der Waals surface area (Å²) in [5.74, 6) is 0.228. The second-order valence-corrected chi connectivity index (χ2v) is 11.1. The lowest BCUT2D eigenvalue weighted by Crippen LogP contribution is -2.49. The molecule has 5 rings (SSSR count). The van der Waals surface area contributed by atoms with Crippen LogP contribution in [0, 0.1) is 5.92 Å². The Morgan fingerprint density at radius 2 is 1.76 bits per heavy atom. The Morgan fingerprint density at radius 3 is 2.55 bits per heavy atom. The van der Waals surface area contributed by atoms with Crippen molar-refractivity contribution in [2.45, 2.75) is 32.5 Å². The average Bonchev–Trinajstić information content (AvgIpc) is 2.99. The minimum atomic E-state index is -0.417. The third-order valence-corrected chi connectivity index (χ3v) is 7.75. The molecule has 1 heterocycles. The number of ether oxygens (including phenoxy) is 1. The Hall–Kier alpha value is -4.40. The van der Waals surface area contributed by atoms with E-state index in [1.54, 1.807) is 23.1 Å². The number of amides is 3. The number of carbonyl (C=O) groups excluding carboxylic acids is 2. The number of likely N-dealkylation sites (N-methyl/N-ethyl adjacent to an activating group) is 1. The Labute approximate surface area is 246 Å². The molecule has 4 aromatic carbocycles. The molecule has 0 aliphatic carbocycles. The molecule has 0 saturated heterocycles. The molecule has 42 heavy (non-hydrogen) atoms. The van der Waals surface area contributed by atoms with Crippen molar-refractivity contribution in [1.29, 1.82) is 0 Å². The maximum Gasteiger partial charge on any atom is 0.323 e. The lowest BCUT2D eigenvalue weighted by molar-refractivity contribution is 0.0341. The van der Waals surface area contributed by atoms with Crippen molar-refractivity contribution < 1.29 is 19.4 Å². The number of nitrogens with one attached hydrogen (secondary N) is 2. The largest absolute Gasteiger partial charge is 0.488 e. The minimum Gasteiger partial charge on any atom is -0.488 e. The van der Waals surface area contributed by atoms with Crippen LogP contribution in [0.15, 0.2) is 91.0 Å². The number of fused-ring (bicyclic) bond motifs is 2. The van der Waals surface area contributed by atoms with Crippen molar-refractivity contribution in [1.82, 2.24) is 9.80 Å². The Balaban J connectivity index is 1.37. The first-order valence-corrected chi connectivity index (χ1v) is 14.3. The maximum atomic E-state index is 13.8. The first kappa shape index (κ1) is 29.1. The average molecular weight is 567 g/mol. The second-order valence-electron chi connectivity index (χ2n) is 11.1. The molecular formula is C34H38N4O4. The van der Waals surface area contributed by atoms with E-state index < -0.39 is 6.03 Å². The van der Waals surface area contributed by atoms with Gasteiger partial charge in [0.15, 0.2) is 0 Å². The van der Waals surface area contributed by atoms with Gasteiger partial charge in [-0.25, -0.2) is 4.79 Å². The topological polar surface area (TPSA) is 94.1 Å². The predicted octanol–water partition coefficient (Wildman–Crippen LogP) is 5.84. The van der Waals surface area contributed by atoms with Crippen LogP contribution < -0.4 is 15.4 Å². The summed E-state index contributed by atoms with van der Waals surface area (Å²) in [5, 5.41) is 17.7. The normalized spacial score (nSPS) is 17.6. The number of carbonyl (C=O) groups is 2. The molecule has 0 bridgehead atoms. The molecule has 3 atom stereocenters. The molecule has 8 nitrogen and oxygen atoms in total. The highest BCUT2D eigenvalue weighted by Gasteiger charge is 2.33. The SMILES string of the molecule is C[C@@H]1CN([C@H](C)CO)C(=O)c2cc(NC(=O)Nc3cccc4ccccc34)ccc2O[C@@H]1CN(C)Cc1ccccc1. The molecule has 0 spiro atoms. The first-order chi connectivity index (χ1) is 20.3. The number of urea groups is 1. The number of anilines is 2. The zero-order valence-electron chi connectivity index (χ0n) is 24.3. The number of benzene rings is 4. The molecule has 4 aromatic rings. The van der Waals surface area contributed by atoms with Crippen LogP contribution in [0.5, 0.6) is 5.75 Å². The van der Waals surface area contributed by atoms with Gasteiger partial charge in [0.25, 0.3) is 5.91 Å². The van der Waals surface area contributed by atoms with Gasteiger partial charge in [0.1, 0.15) is 11.9 Å². The molecule has 3 amide bonds. The van der Waals surface area contributed by atoms with Crippen LogP contribution in [0.25, 0.3) is 10.8 Å². The molecular weight excluding hydrogens is 528 g/mol. The van der Waals surface area contributed by atoms with Crippen molar-refractivity contribution in [2.75, 3.05) is 37.4 Å². The van der Waals surface area contributed by atoms with Crippen LogP contribution in [0.1, 0.15) is 29.8 Å². The van der Waals surface area contributed by atoms with Crippen LogP contribution in [0.2, 0.25) is 0 Å². The predicted molar refractivity (Wildman–Crippen MR) is 167 cm³/mol. The summed E-state index contributed by atoms with van der Waals surface area (Å²) in [7, 11) is 2.06. The van der Waals surface area contributed by atoms with Crippen molar-refractivity contribution in [3.8, 4) is 5.75 Å². The highest BCUT2D eigenvalue weighted by Crippen LogP contribution is 2.31. The van der Waals surface area contributed by atoms with Gasteiger partial charge in [-0.05, 0) is 49.2 Å². The molecule has 1 aliphatic heterocycles. The van der Waals surface area contributed by atoms with Gasteiger partial charge in [0, 0.05) is 36.6 Å². The molecule has 3 N–H and O–H groups in total. The maximum absolute atomic E-state index is 13.8. The summed E-state index contributed by atoms with van der Waals surface area (Å²) in [6, 6.07) is 28.2. The van der Waals surface area contributed by atoms with E-state index in [1.807, 2.05) is 67.6 Å². The summed E-state index contributed by atoms with van der Waals surface area (Å²) in [6.07, 6.45) is -0.201. The summed E-state index contributed by atoms with van der Waals surface area (Å²) in [5.41, 5.74) is 2.71. The number of rotatable bonds is 8. The summed E-state index contributed by atoms with van der Waals surface area (Å²) >= 11 is 0. The van der Waals surface area contributed by atoms with Crippen LogP contribution in [-0.2, 0) is 6.54 Å². The molecule has 1 aliphatic rings. The van der Waals surface area contributed by atoms with Crippen LogP contribution in [0.4, 0.5) is 16.2 Å². The zero-order chi connectivity index (χ0) is 29.6. The number of aliphatic hydroxyl groups is 1. The Bertz CT molecular complexity index is 1540. The van der Waals surface area contributed by atoms with E-state index in [2.05, 4.69) is 41.6 Å². The molecule has 0 saturated carbocycles. The Morgan fingerprint density at radius 1 is 1.02 bits per heavy atom. The van der Waals surface area contributed by atoms with E-state index in [9.17, 15) is 14.7 Å². The van der Waals surface area contributed by atoms with Crippen molar-refractivity contribution in [2.24, 2.45) is 5.92 Å². The molecule has 0 fully saturated rings. The van der Waals surface area contributed by atoms with Crippen molar-refractivity contribution in [3.63, 3.8) is 0 Å². The van der Waals surface area contributed by atoms with Gasteiger partial charge in [-0.1, -0.05) is 73.7 Å². The fourth-order valence-corrected chi connectivity index (χ4v) is 5.40. The standard InChI is InChI=1S/C34H38N4O4/c1-23-19-38(24(2)22-39)33(40)29-18-27(35-34(41)36-30-15-9-13-26-12-7-8-14-28(26)30)16-17-31(29)42-32(23)21-37(3)20-25-10-5-4-6-11-25/h4-18,23-24,32,39H,19-22H2,1-3H3,(H2,35,36,41)/t23-,24-,32-/m1/s1. The van der Waals surface area contributed by atoms with Crippen LogP contribution >= 0.6 is 0 Å². The minimum absolute atomic E-state index is 0.0126. The highest BCUT2D eigenvalue weighted by molar-refractivity contribution is 6.07. The lowest BCUT2D eigenvalue weighted by atomic mass is 9.99. The van der Waals surface area contributed by atoms with Gasteiger partial charge >= 0.3 is 6.03 Å². The van der Waals surface area contributed by atoms with Crippen LogP contribution in [-0.4, -0.2) is 65.7 Å². The quantitative estimate of drug-likeness (QED) is 0.249. The van der Waals surface area contributed by atoms with Gasteiger partial charge in [0.05, 0.1) is 23.9 Å². The number of hydrogen-bond acceptors (Lipinski definition) is 5. The molecule has 0 unspecified atom stereocenters. The third kappa shape index (κ3) is 6.73. The monoisotopic (exact) mass is 566 g/mol. The van der Waals surface area contributed by atoms with E-state index in [4.69, 9.17) is 4.74 Å². The fourth-order valence-electron chi connectivity index (χ4n) is 5.40. The summed E-state index contributed by atoms with van der Waals surface area (Å²) in [4.78, 5) is 30.7. The molecule has 8 heteroatoms. The molecule has 0 radical (unpaired) electrons. The van der Waals surface area contributed by atoms with Gasteiger partial charge in [0.2, 0.25) is 0 Å².